The smallest absolute Gasteiger partial charge is 0.226 e. The van der Waals surface area contributed by atoms with Gasteiger partial charge in [-0.2, -0.15) is 4.98 Å². The molecule has 0 saturated heterocycles. The van der Waals surface area contributed by atoms with Crippen molar-refractivity contribution in [3.05, 3.63) is 30.2 Å². The maximum Gasteiger partial charge on any atom is 0.226 e. The number of methoxy groups -OCH3 is 1. The Bertz CT molecular complexity index is 695. The molecule has 7 heteroatoms. The SMILES string of the molecule is COc1ccc(-c2noc(CCCCCN=C(N)NCCC(C)C)n2)cc1. The number of benzene rings is 1. The molecule has 148 valence electrons. The summed E-state index contributed by atoms with van der Waals surface area (Å²) in [7, 11) is 1.64. The maximum atomic E-state index is 5.84. The predicted molar refractivity (Wildman–Crippen MR) is 108 cm³/mol. The second-order valence-electron chi connectivity index (χ2n) is 6.93. The molecule has 1 aromatic heterocycles. The predicted octanol–water partition coefficient (Wildman–Crippen LogP) is 3.41. The summed E-state index contributed by atoms with van der Waals surface area (Å²) >= 11 is 0. The molecule has 0 saturated carbocycles. The minimum absolute atomic E-state index is 0.539. The summed E-state index contributed by atoms with van der Waals surface area (Å²) in [5.41, 5.74) is 6.76. The van der Waals surface area contributed by atoms with Gasteiger partial charge >= 0.3 is 0 Å². The van der Waals surface area contributed by atoms with Crippen LogP contribution in [0.15, 0.2) is 33.8 Å². The van der Waals surface area contributed by atoms with Crippen molar-refractivity contribution in [1.29, 1.82) is 0 Å². The highest BCUT2D eigenvalue weighted by molar-refractivity contribution is 5.77. The van der Waals surface area contributed by atoms with Gasteiger partial charge in [-0.05, 0) is 49.4 Å². The Kier molecular flexibility index (Phi) is 8.61. The average molecular weight is 374 g/mol. The number of unbranched alkanes of at least 4 members (excludes halogenated alkanes) is 2. The zero-order valence-corrected chi connectivity index (χ0v) is 16.6. The van der Waals surface area contributed by atoms with E-state index in [4.69, 9.17) is 15.0 Å². The molecule has 2 aromatic rings. The highest BCUT2D eigenvalue weighted by atomic mass is 16.5. The van der Waals surface area contributed by atoms with E-state index in [1.165, 1.54) is 0 Å². The van der Waals surface area contributed by atoms with Gasteiger partial charge in [0.1, 0.15) is 5.75 Å². The Morgan fingerprint density at radius 1 is 1.22 bits per heavy atom. The topological polar surface area (TPSA) is 98.6 Å². The van der Waals surface area contributed by atoms with Crippen molar-refractivity contribution in [2.24, 2.45) is 16.6 Å². The van der Waals surface area contributed by atoms with Gasteiger partial charge in [-0.3, -0.25) is 4.99 Å². The molecule has 0 atom stereocenters. The number of aromatic nitrogens is 2. The van der Waals surface area contributed by atoms with Crippen molar-refractivity contribution in [2.75, 3.05) is 20.2 Å². The van der Waals surface area contributed by atoms with Gasteiger partial charge in [0.25, 0.3) is 0 Å². The molecule has 0 aliphatic carbocycles. The molecule has 0 unspecified atom stereocenters. The highest BCUT2D eigenvalue weighted by Crippen LogP contribution is 2.20. The summed E-state index contributed by atoms with van der Waals surface area (Å²) in [5, 5.41) is 7.19. The first-order valence-electron chi connectivity index (χ1n) is 9.59. The molecule has 27 heavy (non-hydrogen) atoms. The number of nitrogens with one attached hydrogen (secondary N) is 1. The van der Waals surface area contributed by atoms with Gasteiger partial charge in [-0.25, -0.2) is 0 Å². The van der Waals surface area contributed by atoms with Gasteiger partial charge in [0.05, 0.1) is 7.11 Å². The van der Waals surface area contributed by atoms with E-state index in [2.05, 4.69) is 34.3 Å². The molecule has 7 nitrogen and oxygen atoms in total. The average Bonchev–Trinajstić information content (AvgIpc) is 3.13. The molecule has 0 radical (unpaired) electrons. The summed E-state index contributed by atoms with van der Waals surface area (Å²) in [4.78, 5) is 8.80. The van der Waals surface area contributed by atoms with E-state index in [-0.39, 0.29) is 0 Å². The van der Waals surface area contributed by atoms with Crippen molar-refractivity contribution < 1.29 is 9.26 Å². The van der Waals surface area contributed by atoms with Gasteiger partial charge in [0, 0.05) is 25.1 Å². The molecule has 0 amide bonds. The van der Waals surface area contributed by atoms with Crippen molar-refractivity contribution in [3.63, 3.8) is 0 Å². The van der Waals surface area contributed by atoms with Crippen LogP contribution < -0.4 is 15.8 Å². The van der Waals surface area contributed by atoms with Crippen LogP contribution in [0.1, 0.15) is 45.4 Å². The fourth-order valence-corrected chi connectivity index (χ4v) is 2.52. The van der Waals surface area contributed by atoms with Crippen LogP contribution in [0.2, 0.25) is 0 Å². The number of nitrogens with zero attached hydrogens (tertiary/aromatic N) is 3. The maximum absolute atomic E-state index is 5.84. The van der Waals surface area contributed by atoms with Crippen LogP contribution in [-0.4, -0.2) is 36.3 Å². The molecule has 0 aliphatic heterocycles. The molecule has 2 rings (SSSR count). The quantitative estimate of drug-likeness (QED) is 0.356. The van der Waals surface area contributed by atoms with E-state index in [0.29, 0.717) is 23.6 Å². The van der Waals surface area contributed by atoms with E-state index >= 15 is 0 Å². The van der Waals surface area contributed by atoms with Crippen molar-refractivity contribution in [1.82, 2.24) is 15.5 Å². The third-order valence-electron chi connectivity index (χ3n) is 4.18. The summed E-state index contributed by atoms with van der Waals surface area (Å²) in [6, 6.07) is 7.61. The first-order valence-corrected chi connectivity index (χ1v) is 9.59. The standard InChI is InChI=1S/C20H31N5O2/c1-15(2)12-14-23-20(21)22-13-6-4-5-7-18-24-19(25-27-18)16-8-10-17(26-3)11-9-16/h8-11,15H,4-7,12-14H2,1-3H3,(H3,21,22,23). The largest absolute Gasteiger partial charge is 0.497 e. The minimum Gasteiger partial charge on any atom is -0.497 e. The Morgan fingerprint density at radius 2 is 2.00 bits per heavy atom. The molecule has 0 aliphatic rings. The number of hydrogen-bond acceptors (Lipinski definition) is 5. The number of ether oxygens (including phenoxy) is 1. The molecule has 1 heterocycles. The zero-order valence-electron chi connectivity index (χ0n) is 16.6. The fourth-order valence-electron chi connectivity index (χ4n) is 2.52. The molecule has 1 aromatic carbocycles. The molecular weight excluding hydrogens is 342 g/mol. The number of aryl methyl sites for hydroxylation is 1. The van der Waals surface area contributed by atoms with Crippen LogP contribution in [0.5, 0.6) is 5.75 Å². The summed E-state index contributed by atoms with van der Waals surface area (Å²) in [6.45, 7) is 6.00. The number of nitrogens with two attached hydrogens (primary N) is 1. The molecule has 3 N–H and O–H groups in total. The lowest BCUT2D eigenvalue weighted by molar-refractivity contribution is 0.374. The lowest BCUT2D eigenvalue weighted by Gasteiger charge is -2.07. The summed E-state index contributed by atoms with van der Waals surface area (Å²) < 4.78 is 10.5. The second-order valence-corrected chi connectivity index (χ2v) is 6.93. The lowest BCUT2D eigenvalue weighted by atomic mass is 10.1. The van der Waals surface area contributed by atoms with Crippen molar-refractivity contribution >= 4 is 5.96 Å². The molecule has 0 fully saturated rings. The summed E-state index contributed by atoms with van der Waals surface area (Å²) in [6.07, 6.45) is 4.89. The van der Waals surface area contributed by atoms with Crippen molar-refractivity contribution in [2.45, 2.75) is 46.0 Å². The van der Waals surface area contributed by atoms with E-state index in [0.717, 1.165) is 56.5 Å². The number of guanidine groups is 1. The van der Waals surface area contributed by atoms with E-state index in [1.807, 2.05) is 24.3 Å². The third-order valence-corrected chi connectivity index (χ3v) is 4.18. The Morgan fingerprint density at radius 3 is 2.70 bits per heavy atom. The normalized spacial score (nSPS) is 11.8. The first kappa shape index (κ1) is 20.7. The Hall–Kier alpha value is -2.57. The monoisotopic (exact) mass is 373 g/mol. The van der Waals surface area contributed by atoms with Crippen LogP contribution in [-0.2, 0) is 6.42 Å². The van der Waals surface area contributed by atoms with Gasteiger partial charge in [0.2, 0.25) is 11.7 Å². The second kappa shape index (κ2) is 11.2. The van der Waals surface area contributed by atoms with E-state index in [1.54, 1.807) is 7.11 Å². The third kappa shape index (κ3) is 7.68. The number of rotatable bonds is 11. The van der Waals surface area contributed by atoms with Crippen molar-refractivity contribution in [3.8, 4) is 17.1 Å². The van der Waals surface area contributed by atoms with Crippen LogP contribution in [0.25, 0.3) is 11.4 Å². The highest BCUT2D eigenvalue weighted by Gasteiger charge is 2.08. The van der Waals surface area contributed by atoms with Crippen LogP contribution in [0.4, 0.5) is 0 Å². The zero-order chi connectivity index (χ0) is 19.5. The Labute approximate surface area is 161 Å². The molecule has 0 bridgehead atoms. The van der Waals surface area contributed by atoms with Crippen LogP contribution >= 0.6 is 0 Å². The lowest BCUT2D eigenvalue weighted by Crippen LogP contribution is -2.33. The first-order chi connectivity index (χ1) is 13.1. The van der Waals surface area contributed by atoms with Gasteiger partial charge in [-0.15, -0.1) is 0 Å². The Balaban J connectivity index is 1.64. The van der Waals surface area contributed by atoms with Crippen LogP contribution in [0, 0.1) is 5.92 Å². The molecular formula is C20H31N5O2. The van der Waals surface area contributed by atoms with Gasteiger partial charge < -0.3 is 20.3 Å². The van der Waals surface area contributed by atoms with Gasteiger partial charge in [0.15, 0.2) is 5.96 Å². The van der Waals surface area contributed by atoms with Crippen LogP contribution in [0.3, 0.4) is 0 Å². The molecule has 0 spiro atoms. The minimum atomic E-state index is 0.539. The fraction of sp³-hybridized carbons (Fsp3) is 0.550. The van der Waals surface area contributed by atoms with E-state index < -0.39 is 0 Å². The van der Waals surface area contributed by atoms with E-state index in [9.17, 15) is 0 Å². The summed E-state index contributed by atoms with van der Waals surface area (Å²) in [5.74, 6) is 3.29. The number of hydrogen-bond donors (Lipinski definition) is 2. The number of aliphatic imine (C=N–C) groups is 1. The van der Waals surface area contributed by atoms with Gasteiger partial charge in [-0.1, -0.05) is 25.4 Å².